The molecule has 0 saturated heterocycles. The molecule has 0 fully saturated rings. The SMILES string of the molecule is C[C@@H](c1cccc([N+](=O)[O-])c1)[Si](Cl)(Cl)Cl. The van der Waals surface area contributed by atoms with E-state index < -0.39 is 10.9 Å². The van der Waals surface area contributed by atoms with Crippen molar-refractivity contribution < 1.29 is 4.92 Å². The second-order valence-electron chi connectivity index (χ2n) is 3.12. The lowest BCUT2D eigenvalue weighted by Gasteiger charge is -2.17. The Morgan fingerprint density at radius 3 is 2.47 bits per heavy atom. The monoisotopic (exact) mass is 283 g/mol. The van der Waals surface area contributed by atoms with E-state index in [0.717, 1.165) is 0 Å². The van der Waals surface area contributed by atoms with Crippen LogP contribution in [0.2, 0.25) is 0 Å². The summed E-state index contributed by atoms with van der Waals surface area (Å²) >= 11 is 17.5. The topological polar surface area (TPSA) is 43.1 Å². The summed E-state index contributed by atoms with van der Waals surface area (Å²) in [5.41, 5.74) is 0.445. The Morgan fingerprint density at radius 2 is 2.00 bits per heavy atom. The van der Waals surface area contributed by atoms with Crippen LogP contribution in [0.5, 0.6) is 0 Å². The Labute approximate surface area is 102 Å². The number of hydrogen-bond acceptors (Lipinski definition) is 2. The molecule has 0 aliphatic rings. The molecular formula is C8H8Cl3NO2Si. The molecule has 0 spiro atoms. The molecule has 0 N–H and O–H groups in total. The molecule has 0 unspecified atom stereocenters. The highest BCUT2D eigenvalue weighted by Gasteiger charge is 2.34. The van der Waals surface area contributed by atoms with Gasteiger partial charge in [0.2, 0.25) is 0 Å². The zero-order valence-corrected chi connectivity index (χ0v) is 11.1. The number of benzene rings is 1. The van der Waals surface area contributed by atoms with Gasteiger partial charge < -0.3 is 0 Å². The maximum Gasteiger partial charge on any atom is 0.348 e. The van der Waals surface area contributed by atoms with Crippen molar-refractivity contribution in [3.8, 4) is 0 Å². The number of non-ortho nitro benzene ring substituents is 1. The van der Waals surface area contributed by atoms with E-state index in [9.17, 15) is 10.1 Å². The van der Waals surface area contributed by atoms with Crippen LogP contribution in [0, 0.1) is 10.1 Å². The Bertz CT molecular complexity index is 380. The molecule has 0 saturated carbocycles. The zero-order valence-electron chi connectivity index (χ0n) is 7.78. The summed E-state index contributed by atoms with van der Waals surface area (Å²) in [6.07, 6.45) is 0. The summed E-state index contributed by atoms with van der Waals surface area (Å²) in [6.45, 7) is 1.76. The van der Waals surface area contributed by atoms with Crippen LogP contribution in [0.3, 0.4) is 0 Å². The van der Waals surface area contributed by atoms with Crippen LogP contribution in [0.4, 0.5) is 5.69 Å². The van der Waals surface area contributed by atoms with E-state index in [1.807, 2.05) is 0 Å². The lowest BCUT2D eigenvalue weighted by molar-refractivity contribution is -0.384. The lowest BCUT2D eigenvalue weighted by atomic mass is 10.1. The second kappa shape index (κ2) is 4.70. The van der Waals surface area contributed by atoms with E-state index in [-0.39, 0.29) is 11.2 Å². The fraction of sp³-hybridized carbons (Fsp3) is 0.250. The van der Waals surface area contributed by atoms with E-state index in [2.05, 4.69) is 0 Å². The van der Waals surface area contributed by atoms with Gasteiger partial charge in [-0.1, -0.05) is 19.1 Å². The number of nitrogens with zero attached hydrogens (tertiary/aromatic N) is 1. The van der Waals surface area contributed by atoms with Crippen LogP contribution < -0.4 is 0 Å². The summed E-state index contributed by atoms with van der Waals surface area (Å²) in [5.74, 6) is 0. The third kappa shape index (κ3) is 3.34. The molecule has 3 nitrogen and oxygen atoms in total. The third-order valence-electron chi connectivity index (χ3n) is 2.07. The molecule has 0 amide bonds. The van der Waals surface area contributed by atoms with Gasteiger partial charge in [0.25, 0.3) is 5.69 Å². The lowest BCUT2D eigenvalue weighted by Crippen LogP contribution is -2.20. The smallest absolute Gasteiger partial charge is 0.258 e. The predicted octanol–water partition coefficient (Wildman–Crippen LogP) is 3.89. The first-order valence-electron chi connectivity index (χ1n) is 4.13. The van der Waals surface area contributed by atoms with Crippen LogP contribution in [0.1, 0.15) is 18.0 Å². The fourth-order valence-corrected chi connectivity index (χ4v) is 2.79. The Balaban J connectivity index is 3.06. The summed E-state index contributed by atoms with van der Waals surface area (Å²) in [7, 11) is 0. The van der Waals surface area contributed by atoms with Gasteiger partial charge in [0.1, 0.15) is 0 Å². The number of halogens is 3. The summed E-state index contributed by atoms with van der Waals surface area (Å²) in [4.78, 5) is 10.1. The van der Waals surface area contributed by atoms with Gasteiger partial charge in [-0.05, 0) is 5.56 Å². The molecule has 1 atom stereocenters. The quantitative estimate of drug-likeness (QED) is 0.366. The predicted molar refractivity (Wildman–Crippen MR) is 64.8 cm³/mol. The van der Waals surface area contributed by atoms with Gasteiger partial charge in [-0.2, -0.15) is 0 Å². The van der Waals surface area contributed by atoms with Crippen LogP contribution in [-0.2, 0) is 0 Å². The van der Waals surface area contributed by atoms with Crippen LogP contribution in [0.15, 0.2) is 24.3 Å². The molecule has 1 aromatic rings. The molecule has 0 aromatic heterocycles. The van der Waals surface area contributed by atoms with Gasteiger partial charge in [0, 0.05) is 17.7 Å². The van der Waals surface area contributed by atoms with Crippen molar-refractivity contribution in [2.24, 2.45) is 0 Å². The van der Waals surface area contributed by atoms with E-state index in [1.165, 1.54) is 12.1 Å². The second-order valence-corrected chi connectivity index (χ2v) is 12.2. The van der Waals surface area contributed by atoms with Crippen molar-refractivity contribution in [2.45, 2.75) is 12.5 Å². The normalized spacial score (nSPS) is 13.6. The van der Waals surface area contributed by atoms with Gasteiger partial charge in [-0.3, -0.25) is 10.1 Å². The Hall–Kier alpha value is -0.293. The van der Waals surface area contributed by atoms with E-state index >= 15 is 0 Å². The molecule has 7 heteroatoms. The van der Waals surface area contributed by atoms with Crippen molar-refractivity contribution in [1.29, 1.82) is 0 Å². The van der Waals surface area contributed by atoms with Crippen molar-refractivity contribution in [2.75, 3.05) is 0 Å². The minimum absolute atomic E-state index is 0.0163. The van der Waals surface area contributed by atoms with Gasteiger partial charge in [-0.15, -0.1) is 33.2 Å². The van der Waals surface area contributed by atoms with E-state index in [4.69, 9.17) is 33.2 Å². The van der Waals surface area contributed by atoms with Gasteiger partial charge >= 0.3 is 6.00 Å². The first-order chi connectivity index (χ1) is 6.82. The summed E-state index contributed by atoms with van der Waals surface area (Å²) in [6, 6.07) is 3.31. The number of rotatable bonds is 3. The van der Waals surface area contributed by atoms with Crippen LogP contribution >= 0.6 is 33.2 Å². The summed E-state index contributed by atoms with van der Waals surface area (Å²) < 4.78 is 0. The molecule has 0 bridgehead atoms. The minimum Gasteiger partial charge on any atom is -0.258 e. The van der Waals surface area contributed by atoms with E-state index in [0.29, 0.717) is 5.56 Å². The molecule has 0 heterocycles. The van der Waals surface area contributed by atoms with Crippen molar-refractivity contribution in [1.82, 2.24) is 0 Å². The highest BCUT2D eigenvalue weighted by Crippen LogP contribution is 2.37. The van der Waals surface area contributed by atoms with Crippen molar-refractivity contribution >= 4 is 44.9 Å². The average Bonchev–Trinajstić information content (AvgIpc) is 2.15. The molecule has 0 aliphatic carbocycles. The molecule has 0 radical (unpaired) electrons. The maximum atomic E-state index is 10.5. The molecule has 15 heavy (non-hydrogen) atoms. The summed E-state index contributed by atoms with van der Waals surface area (Å²) in [5, 5.41) is 10.5. The molecular weight excluding hydrogens is 277 g/mol. The first kappa shape index (κ1) is 12.8. The highest BCUT2D eigenvalue weighted by atomic mass is 35.8. The van der Waals surface area contributed by atoms with Crippen LogP contribution in [-0.4, -0.2) is 10.9 Å². The standard InChI is InChI=1S/C8H8Cl3NO2Si/c1-6(15(9,10)11)7-3-2-4-8(5-7)12(13)14/h2-6H,1H3/t6-/m0/s1. The fourth-order valence-electron chi connectivity index (χ4n) is 1.10. The Kier molecular flexibility index (Phi) is 4.00. The van der Waals surface area contributed by atoms with Gasteiger partial charge in [-0.25, -0.2) is 0 Å². The average molecular weight is 285 g/mol. The largest absolute Gasteiger partial charge is 0.348 e. The minimum atomic E-state index is -2.87. The first-order valence-corrected chi connectivity index (χ1v) is 9.24. The number of nitro groups is 1. The maximum absolute atomic E-state index is 10.5. The van der Waals surface area contributed by atoms with Gasteiger partial charge in [0.05, 0.1) is 4.92 Å². The molecule has 1 aromatic carbocycles. The Morgan fingerprint density at radius 1 is 1.40 bits per heavy atom. The van der Waals surface area contributed by atoms with Crippen molar-refractivity contribution in [3.05, 3.63) is 39.9 Å². The van der Waals surface area contributed by atoms with Gasteiger partial charge in [0.15, 0.2) is 0 Å². The number of hydrogen-bond donors (Lipinski definition) is 0. The molecule has 0 aliphatic heterocycles. The number of nitro benzene ring substituents is 1. The van der Waals surface area contributed by atoms with Crippen LogP contribution in [0.25, 0.3) is 0 Å². The molecule has 1 rings (SSSR count). The van der Waals surface area contributed by atoms with E-state index in [1.54, 1.807) is 19.1 Å². The zero-order chi connectivity index (χ0) is 11.6. The highest BCUT2D eigenvalue weighted by molar-refractivity contribution is 7.65. The van der Waals surface area contributed by atoms with Crippen molar-refractivity contribution in [3.63, 3.8) is 0 Å². The molecule has 82 valence electrons. The third-order valence-corrected chi connectivity index (χ3v) is 6.33.